The molecule has 1 aliphatic heterocycles. The highest BCUT2D eigenvalue weighted by Crippen LogP contribution is 2.18. The van der Waals surface area contributed by atoms with Crippen LogP contribution in [-0.4, -0.2) is 61.2 Å². The topological polar surface area (TPSA) is 18.5 Å². The van der Waals surface area contributed by atoms with Crippen LogP contribution in [0.1, 0.15) is 52.4 Å². The van der Waals surface area contributed by atoms with Crippen molar-refractivity contribution < 1.29 is 0 Å². The van der Waals surface area contributed by atoms with E-state index in [1.54, 1.807) is 0 Å². The normalized spacial score (nSPS) is 23.7. The van der Waals surface area contributed by atoms with Gasteiger partial charge in [0.15, 0.2) is 0 Å². The Kier molecular flexibility index (Phi) is 6.62. The summed E-state index contributed by atoms with van der Waals surface area (Å²) in [6.07, 6.45) is 8.26. The van der Waals surface area contributed by atoms with Crippen molar-refractivity contribution in [1.29, 1.82) is 0 Å². The highest BCUT2D eigenvalue weighted by atomic mass is 15.3. The molecule has 19 heavy (non-hydrogen) atoms. The van der Waals surface area contributed by atoms with Crippen molar-refractivity contribution in [3.8, 4) is 0 Å². The second kappa shape index (κ2) is 8.23. The minimum atomic E-state index is 0.774. The Morgan fingerprint density at radius 2 is 1.79 bits per heavy atom. The van der Waals surface area contributed by atoms with Gasteiger partial charge in [0, 0.05) is 38.3 Å². The van der Waals surface area contributed by atoms with E-state index in [9.17, 15) is 0 Å². The maximum atomic E-state index is 3.60. The van der Waals surface area contributed by atoms with E-state index in [0.29, 0.717) is 0 Å². The van der Waals surface area contributed by atoms with Gasteiger partial charge in [0.2, 0.25) is 0 Å². The number of hydrogen-bond acceptors (Lipinski definition) is 3. The van der Waals surface area contributed by atoms with Crippen molar-refractivity contribution in [2.24, 2.45) is 0 Å². The highest BCUT2D eigenvalue weighted by Gasteiger charge is 2.20. The Balaban J connectivity index is 1.44. The summed E-state index contributed by atoms with van der Waals surface area (Å²) in [6.45, 7) is 12.3. The van der Waals surface area contributed by atoms with E-state index in [2.05, 4.69) is 29.0 Å². The molecule has 0 aromatic carbocycles. The van der Waals surface area contributed by atoms with Crippen LogP contribution in [0.5, 0.6) is 0 Å². The molecule has 2 rings (SSSR count). The summed E-state index contributed by atoms with van der Waals surface area (Å²) in [7, 11) is 0. The second-order valence-electron chi connectivity index (χ2n) is 6.42. The first-order valence-corrected chi connectivity index (χ1v) is 8.49. The summed E-state index contributed by atoms with van der Waals surface area (Å²) < 4.78 is 0. The number of hydrogen-bond donors (Lipinski definition) is 1. The van der Waals surface area contributed by atoms with Gasteiger partial charge in [-0.2, -0.15) is 0 Å². The third kappa shape index (κ3) is 5.80. The number of rotatable bonds is 9. The Hall–Kier alpha value is -0.120. The van der Waals surface area contributed by atoms with E-state index >= 15 is 0 Å². The van der Waals surface area contributed by atoms with Crippen LogP contribution in [0.4, 0.5) is 0 Å². The average Bonchev–Trinajstić information content (AvgIpc) is 3.26. The van der Waals surface area contributed by atoms with Crippen molar-refractivity contribution >= 4 is 0 Å². The molecule has 112 valence electrons. The van der Waals surface area contributed by atoms with E-state index in [1.165, 1.54) is 77.8 Å². The van der Waals surface area contributed by atoms with Gasteiger partial charge in [-0.1, -0.05) is 13.3 Å². The predicted octanol–water partition coefficient (Wildman–Crippen LogP) is 2.32. The Bertz CT molecular complexity index is 232. The summed E-state index contributed by atoms with van der Waals surface area (Å²) in [4.78, 5) is 5.31. The zero-order chi connectivity index (χ0) is 13.5. The molecule has 1 saturated carbocycles. The lowest BCUT2D eigenvalue weighted by Crippen LogP contribution is -2.49. The number of piperazine rings is 1. The van der Waals surface area contributed by atoms with Crippen LogP contribution in [0.3, 0.4) is 0 Å². The predicted molar refractivity (Wildman–Crippen MR) is 82.6 cm³/mol. The lowest BCUT2D eigenvalue weighted by molar-refractivity contribution is 0.0995. The monoisotopic (exact) mass is 267 g/mol. The van der Waals surface area contributed by atoms with Gasteiger partial charge in [-0.05, 0) is 52.1 Å². The summed E-state index contributed by atoms with van der Waals surface area (Å²) in [5.74, 6) is 0. The summed E-state index contributed by atoms with van der Waals surface area (Å²) >= 11 is 0. The minimum absolute atomic E-state index is 0.774. The molecule has 1 saturated heterocycles. The smallest absolute Gasteiger partial charge is 0.0113 e. The maximum absolute atomic E-state index is 3.60. The van der Waals surface area contributed by atoms with Crippen LogP contribution in [0.15, 0.2) is 0 Å². The van der Waals surface area contributed by atoms with Gasteiger partial charge in [0.25, 0.3) is 0 Å². The van der Waals surface area contributed by atoms with Crippen molar-refractivity contribution in [1.82, 2.24) is 15.1 Å². The van der Waals surface area contributed by atoms with E-state index in [0.717, 1.165) is 12.1 Å². The number of unbranched alkanes of at least 4 members (excludes halogenated alkanes) is 2. The van der Waals surface area contributed by atoms with Crippen LogP contribution in [0.25, 0.3) is 0 Å². The first-order valence-electron chi connectivity index (χ1n) is 8.49. The molecule has 1 N–H and O–H groups in total. The molecule has 1 unspecified atom stereocenters. The summed E-state index contributed by atoms with van der Waals surface area (Å²) in [5.41, 5.74) is 0. The van der Waals surface area contributed by atoms with Crippen molar-refractivity contribution in [3.05, 3.63) is 0 Å². The molecule has 0 spiro atoms. The highest BCUT2D eigenvalue weighted by molar-refractivity contribution is 4.80. The van der Waals surface area contributed by atoms with Gasteiger partial charge in [0.05, 0.1) is 0 Å². The molecular formula is C16H33N3. The van der Waals surface area contributed by atoms with Gasteiger partial charge < -0.3 is 10.2 Å². The van der Waals surface area contributed by atoms with Gasteiger partial charge in [-0.3, -0.25) is 4.90 Å². The van der Waals surface area contributed by atoms with E-state index in [-0.39, 0.29) is 0 Å². The van der Waals surface area contributed by atoms with E-state index in [1.807, 2.05) is 0 Å². The molecule has 1 atom stereocenters. The fourth-order valence-electron chi connectivity index (χ4n) is 2.92. The molecule has 3 heteroatoms. The third-order valence-electron chi connectivity index (χ3n) is 4.78. The Morgan fingerprint density at radius 1 is 1.05 bits per heavy atom. The molecule has 0 aromatic heterocycles. The largest absolute Gasteiger partial charge is 0.314 e. The van der Waals surface area contributed by atoms with Crippen LogP contribution in [-0.2, 0) is 0 Å². The van der Waals surface area contributed by atoms with Gasteiger partial charge in [-0.15, -0.1) is 0 Å². The molecule has 3 nitrogen and oxygen atoms in total. The first-order chi connectivity index (χ1) is 9.29. The quantitative estimate of drug-likeness (QED) is 0.647. The summed E-state index contributed by atoms with van der Waals surface area (Å²) in [6, 6.07) is 1.66. The van der Waals surface area contributed by atoms with Crippen molar-refractivity contribution in [2.75, 3.05) is 39.3 Å². The van der Waals surface area contributed by atoms with Gasteiger partial charge in [-0.25, -0.2) is 0 Å². The van der Waals surface area contributed by atoms with Crippen LogP contribution < -0.4 is 5.32 Å². The summed E-state index contributed by atoms with van der Waals surface area (Å²) in [5, 5.41) is 3.60. The molecule has 0 radical (unpaired) electrons. The molecule has 0 aromatic rings. The minimum Gasteiger partial charge on any atom is -0.314 e. The lowest BCUT2D eigenvalue weighted by Gasteiger charge is -2.37. The molecule has 0 amide bonds. The molecular weight excluding hydrogens is 234 g/mol. The SMILES string of the molecule is CCC(C)N1CCN(CCCCCNC2CC2)CC1. The van der Waals surface area contributed by atoms with Crippen molar-refractivity contribution in [2.45, 2.75) is 64.5 Å². The second-order valence-corrected chi connectivity index (χ2v) is 6.42. The zero-order valence-corrected chi connectivity index (χ0v) is 13.0. The fraction of sp³-hybridized carbons (Fsp3) is 1.00. The van der Waals surface area contributed by atoms with Gasteiger partial charge >= 0.3 is 0 Å². The van der Waals surface area contributed by atoms with Gasteiger partial charge in [0.1, 0.15) is 0 Å². The molecule has 1 aliphatic carbocycles. The third-order valence-corrected chi connectivity index (χ3v) is 4.78. The molecule has 2 fully saturated rings. The number of nitrogens with zero attached hydrogens (tertiary/aromatic N) is 2. The van der Waals surface area contributed by atoms with Crippen molar-refractivity contribution in [3.63, 3.8) is 0 Å². The van der Waals surface area contributed by atoms with Crippen LogP contribution in [0, 0.1) is 0 Å². The zero-order valence-electron chi connectivity index (χ0n) is 13.0. The first kappa shape index (κ1) is 15.3. The maximum Gasteiger partial charge on any atom is 0.0113 e. The average molecular weight is 267 g/mol. The Labute approximate surface area is 119 Å². The van der Waals surface area contributed by atoms with E-state index < -0.39 is 0 Å². The molecule has 2 aliphatic rings. The standard InChI is InChI=1S/C16H33N3/c1-3-15(2)19-13-11-18(12-14-19)10-6-4-5-9-17-16-7-8-16/h15-17H,3-14H2,1-2H3. The fourth-order valence-corrected chi connectivity index (χ4v) is 2.92. The lowest BCUT2D eigenvalue weighted by atomic mass is 10.1. The van der Waals surface area contributed by atoms with E-state index in [4.69, 9.17) is 0 Å². The van der Waals surface area contributed by atoms with Crippen LogP contribution >= 0.6 is 0 Å². The molecule has 1 heterocycles. The van der Waals surface area contributed by atoms with Crippen LogP contribution in [0.2, 0.25) is 0 Å². The molecule has 0 bridgehead atoms. The Morgan fingerprint density at radius 3 is 2.42 bits per heavy atom. The number of nitrogens with one attached hydrogen (secondary N) is 1.